The Balaban J connectivity index is 1.64. The normalized spacial score (nSPS) is 11.7. The number of carbonyl (C=O) groups is 2. The molecule has 2 amide bonds. The van der Waals surface area contributed by atoms with Gasteiger partial charge in [0.25, 0.3) is 5.91 Å². The molecule has 1 atom stereocenters. The highest BCUT2D eigenvalue weighted by atomic mass is 35.5. The Kier molecular flexibility index (Phi) is 15.7. The number of nitrogens with one attached hydrogen (secondary N) is 2. The molecule has 0 heterocycles. The van der Waals surface area contributed by atoms with Crippen molar-refractivity contribution in [1.29, 1.82) is 0 Å². The number of halogens is 4. The molecular formula is C35H39Cl4N3O5. The summed E-state index contributed by atoms with van der Waals surface area (Å²) in [7, 11) is 0. The van der Waals surface area contributed by atoms with E-state index in [1.165, 1.54) is 6.21 Å². The van der Waals surface area contributed by atoms with E-state index in [0.29, 0.717) is 68.8 Å². The maximum atomic E-state index is 13.1. The Morgan fingerprint density at radius 1 is 0.915 bits per heavy atom. The molecule has 0 spiro atoms. The van der Waals surface area contributed by atoms with Gasteiger partial charge in [0.15, 0.2) is 11.5 Å². The van der Waals surface area contributed by atoms with Gasteiger partial charge in [-0.15, -0.1) is 6.58 Å². The summed E-state index contributed by atoms with van der Waals surface area (Å²) in [6.07, 6.45) is 4.81. The number of ether oxygens (including phenoxy) is 3. The Labute approximate surface area is 296 Å². The van der Waals surface area contributed by atoms with Crippen LogP contribution in [0.5, 0.6) is 17.2 Å². The average molecular weight is 724 g/mol. The van der Waals surface area contributed by atoms with E-state index in [1.54, 1.807) is 42.5 Å². The first-order valence-corrected chi connectivity index (χ1v) is 16.7. The fourth-order valence-corrected chi connectivity index (χ4v) is 5.43. The van der Waals surface area contributed by atoms with E-state index in [4.69, 9.17) is 60.6 Å². The van der Waals surface area contributed by atoms with Gasteiger partial charge in [-0.2, -0.15) is 5.10 Å². The van der Waals surface area contributed by atoms with Gasteiger partial charge in [-0.1, -0.05) is 72.4 Å². The summed E-state index contributed by atoms with van der Waals surface area (Å²) in [5, 5.41) is 8.94. The average Bonchev–Trinajstić information content (AvgIpc) is 3.00. The molecule has 0 aromatic heterocycles. The molecule has 0 fully saturated rings. The summed E-state index contributed by atoms with van der Waals surface area (Å²) in [6.45, 7) is 10.6. The smallest absolute Gasteiger partial charge is 0.262 e. The van der Waals surface area contributed by atoms with Gasteiger partial charge in [0.05, 0.1) is 24.5 Å². The van der Waals surface area contributed by atoms with Crippen LogP contribution in [0.1, 0.15) is 56.7 Å². The minimum absolute atomic E-state index is 0.149. The van der Waals surface area contributed by atoms with E-state index < -0.39 is 11.9 Å². The lowest BCUT2D eigenvalue weighted by molar-refractivity contribution is -0.129. The van der Waals surface area contributed by atoms with Crippen LogP contribution >= 0.6 is 46.4 Å². The lowest BCUT2D eigenvalue weighted by Gasteiger charge is -2.19. The van der Waals surface area contributed by atoms with Crippen molar-refractivity contribution < 1.29 is 23.8 Å². The SMILES string of the molecule is C=CCc1cc(/C=N\NC(=O)[C@H](CC(C)C)NC(=O)CCCOc2ccc(Cl)cc2Cl)cc(OCC)c1OCc1ccc(Cl)cc1Cl. The van der Waals surface area contributed by atoms with Crippen LogP contribution in [0.15, 0.2) is 66.3 Å². The standard InChI is InChI=1S/C35H39Cl4N3O5/c1-5-8-24-16-23(17-32(45-6-2)34(24)47-21-25-10-11-26(36)18-28(25)38)20-40-42-35(44)30(15-22(3)4)41-33(43)9-7-14-46-31-13-12-27(37)19-29(31)39/h5,10-13,16-20,22,30H,1,6-9,14-15,21H2,2-4H3,(H,41,43)(H,42,44)/b40-20-/t30-/m0/s1. The van der Waals surface area contributed by atoms with Crippen molar-refractivity contribution in [2.24, 2.45) is 11.0 Å². The second-order valence-electron chi connectivity index (χ2n) is 11.0. The predicted octanol–water partition coefficient (Wildman–Crippen LogP) is 8.85. The van der Waals surface area contributed by atoms with Crippen LogP contribution in [0.4, 0.5) is 0 Å². The van der Waals surface area contributed by atoms with Crippen molar-refractivity contribution in [2.75, 3.05) is 13.2 Å². The van der Waals surface area contributed by atoms with Crippen LogP contribution in [0.25, 0.3) is 0 Å². The van der Waals surface area contributed by atoms with Gasteiger partial charge in [0, 0.05) is 32.6 Å². The van der Waals surface area contributed by atoms with Gasteiger partial charge in [-0.05, 0) is 80.1 Å². The minimum Gasteiger partial charge on any atom is -0.492 e. The molecule has 3 aromatic carbocycles. The van der Waals surface area contributed by atoms with E-state index in [2.05, 4.69) is 22.4 Å². The maximum absolute atomic E-state index is 13.1. The molecular weight excluding hydrogens is 684 g/mol. The first-order chi connectivity index (χ1) is 22.5. The molecule has 0 aliphatic rings. The summed E-state index contributed by atoms with van der Waals surface area (Å²) >= 11 is 24.4. The molecule has 0 bridgehead atoms. The summed E-state index contributed by atoms with van der Waals surface area (Å²) in [5.74, 6) is 1.00. The number of hydrogen-bond acceptors (Lipinski definition) is 6. The summed E-state index contributed by atoms with van der Waals surface area (Å²) in [4.78, 5) is 25.8. The maximum Gasteiger partial charge on any atom is 0.262 e. The third kappa shape index (κ3) is 12.6. The van der Waals surface area contributed by atoms with Crippen molar-refractivity contribution in [3.05, 3.63) is 98.0 Å². The van der Waals surface area contributed by atoms with Gasteiger partial charge in [-0.3, -0.25) is 9.59 Å². The molecule has 0 saturated heterocycles. The first-order valence-electron chi connectivity index (χ1n) is 15.2. The summed E-state index contributed by atoms with van der Waals surface area (Å²) < 4.78 is 17.7. The molecule has 3 rings (SSSR count). The molecule has 2 N–H and O–H groups in total. The van der Waals surface area contributed by atoms with Crippen LogP contribution < -0.4 is 25.0 Å². The molecule has 12 heteroatoms. The number of allylic oxidation sites excluding steroid dienone is 1. The summed E-state index contributed by atoms with van der Waals surface area (Å²) in [5.41, 5.74) is 4.83. The molecule has 0 aliphatic carbocycles. The zero-order valence-corrected chi connectivity index (χ0v) is 29.6. The van der Waals surface area contributed by atoms with Gasteiger partial charge in [0.1, 0.15) is 18.4 Å². The largest absolute Gasteiger partial charge is 0.492 e. The third-order valence-corrected chi connectivity index (χ3v) is 7.77. The quantitative estimate of drug-likeness (QED) is 0.0592. The van der Waals surface area contributed by atoms with Crippen molar-refractivity contribution >= 4 is 64.4 Å². The molecule has 0 saturated carbocycles. The lowest BCUT2D eigenvalue weighted by Crippen LogP contribution is -2.46. The van der Waals surface area contributed by atoms with E-state index in [-0.39, 0.29) is 31.5 Å². The highest BCUT2D eigenvalue weighted by molar-refractivity contribution is 6.35. The fourth-order valence-electron chi connectivity index (χ4n) is 4.51. The molecule has 47 heavy (non-hydrogen) atoms. The highest BCUT2D eigenvalue weighted by Gasteiger charge is 2.22. The zero-order chi connectivity index (χ0) is 34.3. The molecule has 0 unspecified atom stereocenters. The molecule has 252 valence electrons. The van der Waals surface area contributed by atoms with Gasteiger partial charge in [-0.25, -0.2) is 5.43 Å². The molecule has 3 aromatic rings. The van der Waals surface area contributed by atoms with Gasteiger partial charge < -0.3 is 19.5 Å². The van der Waals surface area contributed by atoms with Gasteiger partial charge in [0.2, 0.25) is 5.91 Å². The number of benzene rings is 3. The number of amides is 2. The highest BCUT2D eigenvalue weighted by Crippen LogP contribution is 2.35. The Morgan fingerprint density at radius 2 is 1.64 bits per heavy atom. The Morgan fingerprint density at radius 3 is 2.30 bits per heavy atom. The van der Waals surface area contributed by atoms with Crippen LogP contribution in [-0.2, 0) is 22.6 Å². The number of carbonyl (C=O) groups excluding carboxylic acids is 2. The molecule has 8 nitrogen and oxygen atoms in total. The zero-order valence-electron chi connectivity index (χ0n) is 26.6. The lowest BCUT2D eigenvalue weighted by atomic mass is 10.0. The second kappa shape index (κ2) is 19.4. The number of rotatable bonds is 18. The molecule has 0 radical (unpaired) electrons. The number of nitrogens with zero attached hydrogens (tertiary/aromatic N) is 1. The van der Waals surface area contributed by atoms with E-state index in [1.807, 2.05) is 32.9 Å². The summed E-state index contributed by atoms with van der Waals surface area (Å²) in [6, 6.07) is 13.1. The van der Waals surface area contributed by atoms with E-state index >= 15 is 0 Å². The van der Waals surface area contributed by atoms with E-state index in [0.717, 1.165) is 11.1 Å². The van der Waals surface area contributed by atoms with Crippen molar-refractivity contribution in [2.45, 2.75) is 59.1 Å². The first kappa shape index (κ1) is 38.0. The monoisotopic (exact) mass is 721 g/mol. The second-order valence-corrected chi connectivity index (χ2v) is 12.7. The predicted molar refractivity (Wildman–Crippen MR) is 191 cm³/mol. The number of hydrazone groups is 1. The number of hydrogen-bond donors (Lipinski definition) is 2. The topological polar surface area (TPSA) is 98.3 Å². The minimum atomic E-state index is -0.767. The van der Waals surface area contributed by atoms with Crippen LogP contribution in [0.3, 0.4) is 0 Å². The fraction of sp³-hybridized carbons (Fsp3) is 0.343. The van der Waals surface area contributed by atoms with Crippen LogP contribution in [0, 0.1) is 5.92 Å². The van der Waals surface area contributed by atoms with Gasteiger partial charge >= 0.3 is 0 Å². The van der Waals surface area contributed by atoms with Crippen LogP contribution in [-0.4, -0.2) is 37.3 Å². The third-order valence-electron chi connectivity index (χ3n) is 6.65. The van der Waals surface area contributed by atoms with Crippen molar-refractivity contribution in [1.82, 2.24) is 10.7 Å². The van der Waals surface area contributed by atoms with Crippen molar-refractivity contribution in [3.8, 4) is 17.2 Å². The Bertz CT molecular complexity index is 1560. The molecule has 0 aliphatic heterocycles. The van der Waals surface area contributed by atoms with E-state index in [9.17, 15) is 9.59 Å². The van der Waals surface area contributed by atoms with Crippen LogP contribution in [0.2, 0.25) is 20.1 Å². The van der Waals surface area contributed by atoms with Crippen molar-refractivity contribution in [3.63, 3.8) is 0 Å². The Hall–Kier alpha value is -3.43.